The van der Waals surface area contributed by atoms with Crippen molar-refractivity contribution in [1.29, 1.82) is 0 Å². The number of nitrogens with zero attached hydrogens (tertiary/aromatic N) is 2. The summed E-state index contributed by atoms with van der Waals surface area (Å²) in [7, 11) is 1.94. The van der Waals surface area contributed by atoms with E-state index in [4.69, 9.17) is 11.6 Å². The van der Waals surface area contributed by atoms with E-state index in [1.807, 2.05) is 56.8 Å². The van der Waals surface area contributed by atoms with Crippen molar-refractivity contribution >= 4 is 34.3 Å². The number of hydrogen-bond donors (Lipinski definition) is 2. The van der Waals surface area contributed by atoms with Crippen LogP contribution in [0.15, 0.2) is 24.4 Å². The third kappa shape index (κ3) is 4.90. The fraction of sp³-hybridized carbons (Fsp3) is 0.583. The maximum absolute atomic E-state index is 12.9. The Kier molecular flexibility index (Phi) is 6.05. The molecule has 2 aliphatic heterocycles. The van der Waals surface area contributed by atoms with Gasteiger partial charge in [0.2, 0.25) is 5.91 Å². The first-order chi connectivity index (χ1) is 14.6. The molecule has 1 aromatic carbocycles. The van der Waals surface area contributed by atoms with Crippen LogP contribution in [0, 0.1) is 5.92 Å². The van der Waals surface area contributed by atoms with Crippen LogP contribution in [0.1, 0.15) is 56.8 Å². The number of rotatable bonds is 5. The summed E-state index contributed by atoms with van der Waals surface area (Å²) in [4.78, 5) is 27.7. The summed E-state index contributed by atoms with van der Waals surface area (Å²) in [6, 6.07) is 6.51. The van der Waals surface area contributed by atoms with Crippen LogP contribution < -0.4 is 10.6 Å². The van der Waals surface area contributed by atoms with Crippen molar-refractivity contribution in [3.8, 4) is 0 Å². The van der Waals surface area contributed by atoms with Gasteiger partial charge in [-0.15, -0.1) is 0 Å². The molecule has 7 heteroatoms. The van der Waals surface area contributed by atoms with Gasteiger partial charge in [-0.05, 0) is 70.6 Å². The molecule has 31 heavy (non-hydrogen) atoms. The van der Waals surface area contributed by atoms with Crippen LogP contribution in [-0.2, 0) is 11.8 Å². The first-order valence-corrected chi connectivity index (χ1v) is 11.6. The molecule has 0 saturated carbocycles. The molecule has 6 nitrogen and oxygen atoms in total. The number of nitrogens with one attached hydrogen (secondary N) is 2. The van der Waals surface area contributed by atoms with Gasteiger partial charge in [-0.2, -0.15) is 0 Å². The molecule has 2 N–H and O–H groups in total. The molecule has 0 radical (unpaired) electrons. The lowest BCUT2D eigenvalue weighted by Gasteiger charge is -2.39. The van der Waals surface area contributed by atoms with Gasteiger partial charge in [-0.3, -0.25) is 14.5 Å². The molecule has 3 heterocycles. The summed E-state index contributed by atoms with van der Waals surface area (Å²) in [5.74, 6) is 0.500. The van der Waals surface area contributed by atoms with E-state index in [1.165, 1.54) is 0 Å². The minimum atomic E-state index is -0.204. The highest BCUT2D eigenvalue weighted by Gasteiger charge is 2.41. The zero-order valence-electron chi connectivity index (χ0n) is 18.9. The third-order valence-electron chi connectivity index (χ3n) is 6.57. The van der Waals surface area contributed by atoms with Crippen LogP contribution in [0.2, 0.25) is 5.02 Å². The maximum atomic E-state index is 12.9. The average Bonchev–Trinajstić information content (AvgIpc) is 3.10. The molecule has 1 aromatic heterocycles. The summed E-state index contributed by atoms with van der Waals surface area (Å²) in [5, 5.41) is 7.75. The lowest BCUT2D eigenvalue weighted by molar-refractivity contribution is -0.125. The highest BCUT2D eigenvalue weighted by Crippen LogP contribution is 2.38. The second-order valence-corrected chi connectivity index (χ2v) is 10.7. The Bertz CT molecular complexity index is 979. The molecule has 2 atom stereocenters. The number of hydrogen-bond acceptors (Lipinski definition) is 3. The molecule has 4 rings (SSSR count). The van der Waals surface area contributed by atoms with E-state index in [0.29, 0.717) is 41.7 Å². The second kappa shape index (κ2) is 8.47. The highest BCUT2D eigenvalue weighted by atomic mass is 35.5. The van der Waals surface area contributed by atoms with E-state index >= 15 is 0 Å². The number of fused-ring (bicyclic) bond motifs is 3. The number of carbonyl (C=O) groups excluding carboxylic acids is 2. The van der Waals surface area contributed by atoms with E-state index in [9.17, 15) is 9.59 Å². The number of aryl methyl sites for hydroxylation is 1. The quantitative estimate of drug-likeness (QED) is 0.738. The predicted molar refractivity (Wildman–Crippen MR) is 124 cm³/mol. The zero-order chi connectivity index (χ0) is 22.3. The second-order valence-electron chi connectivity index (χ2n) is 10.2. The Hall–Kier alpha value is -2.05. The van der Waals surface area contributed by atoms with Crippen molar-refractivity contribution in [1.82, 2.24) is 20.1 Å². The van der Waals surface area contributed by atoms with Crippen LogP contribution in [0.5, 0.6) is 0 Å². The molecule has 2 aromatic rings. The first kappa shape index (κ1) is 22.2. The standard InChI is InChI=1S/C24H33ClN4O2/c1-24(2,3)27-22(30)14-29-17-6-7-18(29)10-15(9-17)12-26-23(31)20-13-28(4)21-8-5-16(25)11-19(20)21/h5,8,11,13,15,17-18H,6-7,9-10,12,14H2,1-4H3,(H,26,31)(H,27,30). The van der Waals surface area contributed by atoms with Crippen molar-refractivity contribution in [2.24, 2.45) is 13.0 Å². The Morgan fingerprint density at radius 2 is 1.84 bits per heavy atom. The molecule has 2 aliphatic rings. The molecule has 2 unspecified atom stereocenters. The highest BCUT2D eigenvalue weighted by molar-refractivity contribution is 6.31. The van der Waals surface area contributed by atoms with Crippen molar-refractivity contribution in [2.75, 3.05) is 13.1 Å². The van der Waals surface area contributed by atoms with Crippen LogP contribution >= 0.6 is 11.6 Å². The van der Waals surface area contributed by atoms with Gasteiger partial charge < -0.3 is 15.2 Å². The van der Waals surface area contributed by atoms with E-state index in [2.05, 4.69) is 15.5 Å². The van der Waals surface area contributed by atoms with Gasteiger partial charge in [-0.25, -0.2) is 0 Å². The fourth-order valence-corrected chi connectivity index (χ4v) is 5.48. The Morgan fingerprint density at radius 3 is 2.48 bits per heavy atom. The molecule has 2 amide bonds. The van der Waals surface area contributed by atoms with Crippen molar-refractivity contribution < 1.29 is 9.59 Å². The normalized spacial score (nSPS) is 23.8. The molecule has 168 valence electrons. The molecular weight excluding hydrogens is 412 g/mol. The topological polar surface area (TPSA) is 66.4 Å². The number of aromatic nitrogens is 1. The monoisotopic (exact) mass is 444 g/mol. The van der Waals surface area contributed by atoms with Gasteiger partial charge >= 0.3 is 0 Å². The van der Waals surface area contributed by atoms with Gasteiger partial charge in [0, 0.05) is 53.3 Å². The minimum absolute atomic E-state index is 0.0489. The van der Waals surface area contributed by atoms with Gasteiger partial charge in [-0.1, -0.05) is 11.6 Å². The molecular formula is C24H33ClN4O2. The lowest BCUT2D eigenvalue weighted by Crippen LogP contribution is -2.52. The SMILES string of the molecule is Cn1cc(C(=O)NCC2CC3CCC(C2)N3CC(=O)NC(C)(C)C)c2cc(Cl)ccc21. The Labute approximate surface area is 189 Å². The number of piperidine rings is 1. The van der Waals surface area contributed by atoms with E-state index in [-0.39, 0.29) is 17.4 Å². The summed E-state index contributed by atoms with van der Waals surface area (Å²) in [5.41, 5.74) is 1.46. The van der Waals surface area contributed by atoms with Gasteiger partial charge in [0.05, 0.1) is 12.1 Å². The zero-order valence-corrected chi connectivity index (χ0v) is 19.6. The van der Waals surface area contributed by atoms with Crippen molar-refractivity contribution in [3.63, 3.8) is 0 Å². The molecule has 2 bridgehead atoms. The van der Waals surface area contributed by atoms with Crippen LogP contribution in [-0.4, -0.2) is 52.0 Å². The van der Waals surface area contributed by atoms with Gasteiger partial charge in [0.1, 0.15) is 0 Å². The van der Waals surface area contributed by atoms with Crippen molar-refractivity contribution in [2.45, 2.75) is 64.1 Å². The van der Waals surface area contributed by atoms with Gasteiger partial charge in [0.25, 0.3) is 5.91 Å². The van der Waals surface area contributed by atoms with E-state index < -0.39 is 0 Å². The van der Waals surface area contributed by atoms with Crippen molar-refractivity contribution in [3.05, 3.63) is 35.0 Å². The van der Waals surface area contributed by atoms with Crippen LogP contribution in [0.4, 0.5) is 0 Å². The Balaban J connectivity index is 1.35. The molecule has 0 aliphatic carbocycles. The molecule has 2 fully saturated rings. The van der Waals surface area contributed by atoms with E-state index in [0.717, 1.165) is 36.6 Å². The lowest BCUT2D eigenvalue weighted by atomic mass is 9.90. The first-order valence-electron chi connectivity index (χ1n) is 11.2. The minimum Gasteiger partial charge on any atom is -0.352 e. The Morgan fingerprint density at radius 1 is 1.16 bits per heavy atom. The summed E-state index contributed by atoms with van der Waals surface area (Å²) < 4.78 is 1.96. The number of carbonyl (C=O) groups is 2. The van der Waals surface area contributed by atoms with Gasteiger partial charge in [0.15, 0.2) is 0 Å². The molecule has 0 spiro atoms. The fourth-order valence-electron chi connectivity index (χ4n) is 5.31. The maximum Gasteiger partial charge on any atom is 0.253 e. The molecule has 2 saturated heterocycles. The summed E-state index contributed by atoms with van der Waals surface area (Å²) in [6.45, 7) is 7.18. The smallest absolute Gasteiger partial charge is 0.253 e. The largest absolute Gasteiger partial charge is 0.352 e. The summed E-state index contributed by atoms with van der Waals surface area (Å²) in [6.07, 6.45) is 6.21. The average molecular weight is 445 g/mol. The predicted octanol–water partition coefficient (Wildman–Crippen LogP) is 3.72. The number of halogens is 1. The number of benzene rings is 1. The van der Waals surface area contributed by atoms with Crippen LogP contribution in [0.3, 0.4) is 0 Å². The van der Waals surface area contributed by atoms with Crippen LogP contribution in [0.25, 0.3) is 10.9 Å². The summed E-state index contributed by atoms with van der Waals surface area (Å²) >= 11 is 6.15. The number of amides is 2. The third-order valence-corrected chi connectivity index (χ3v) is 6.81. The van der Waals surface area contributed by atoms with E-state index in [1.54, 1.807) is 0 Å².